The van der Waals surface area contributed by atoms with Crippen molar-refractivity contribution in [3.8, 4) is 10.4 Å². The van der Waals surface area contributed by atoms with Gasteiger partial charge in [0.05, 0.1) is 39.6 Å². The number of pyridine rings is 2. The molecule has 6 heterocycles. The highest BCUT2D eigenvalue weighted by molar-refractivity contribution is 7.13. The minimum Gasteiger partial charge on any atom is -0.391 e. The molecular formula is C52H65N11O7S. The third-order valence-corrected chi connectivity index (χ3v) is 15.0. The van der Waals surface area contributed by atoms with E-state index in [2.05, 4.69) is 35.8 Å². The lowest BCUT2D eigenvalue weighted by molar-refractivity contribution is -0.144. The summed E-state index contributed by atoms with van der Waals surface area (Å²) in [6.07, 6.45) is 7.76. The van der Waals surface area contributed by atoms with Crippen LogP contribution < -0.4 is 26.4 Å². The van der Waals surface area contributed by atoms with Crippen molar-refractivity contribution in [3.63, 3.8) is 0 Å². The minimum absolute atomic E-state index is 0.0131. The van der Waals surface area contributed by atoms with Gasteiger partial charge in [-0.2, -0.15) is 4.98 Å². The highest BCUT2D eigenvalue weighted by Crippen LogP contribution is 2.33. The van der Waals surface area contributed by atoms with E-state index >= 15 is 0 Å². The molecule has 71 heavy (non-hydrogen) atoms. The SMILES string of the molecule is CC(=O)c1c(C)c2cnc(Nc3ccc(N4CCN(C(=O)CCCCC(=O)NC(C(=O)N5C[C@H](O)C[C@H]5C(=O)NCc5ccc(-c6scnc6C)cc5)C(C)(C)C)CC4)cn3)nc2n(C2CCCC2)c1=O. The number of hydrogen-bond acceptors (Lipinski definition) is 14. The minimum atomic E-state index is -0.936. The molecule has 1 unspecified atom stereocenters. The van der Waals surface area contributed by atoms with E-state index in [-0.39, 0.29) is 66.6 Å². The average molecular weight is 988 g/mol. The smallest absolute Gasteiger partial charge is 0.263 e. The Morgan fingerprint density at radius 2 is 1.62 bits per heavy atom. The molecule has 0 spiro atoms. The fourth-order valence-corrected chi connectivity index (χ4v) is 10.8. The summed E-state index contributed by atoms with van der Waals surface area (Å²) in [6.45, 7) is 13.3. The molecule has 19 heteroatoms. The number of carbonyl (C=O) groups is 5. The Morgan fingerprint density at radius 3 is 2.27 bits per heavy atom. The van der Waals surface area contributed by atoms with Crippen molar-refractivity contribution in [1.82, 2.24) is 44.9 Å². The number of likely N-dealkylation sites (tertiary alicyclic amines) is 1. The number of hydrogen-bond donors (Lipinski definition) is 4. The maximum absolute atomic E-state index is 14.1. The zero-order valence-electron chi connectivity index (χ0n) is 41.5. The van der Waals surface area contributed by atoms with Crippen LogP contribution in [0.5, 0.6) is 0 Å². The molecule has 4 N–H and O–H groups in total. The Kier molecular flexibility index (Phi) is 15.6. The summed E-state index contributed by atoms with van der Waals surface area (Å²) in [7, 11) is 0. The molecule has 4 aromatic heterocycles. The number of nitrogens with one attached hydrogen (secondary N) is 3. The van der Waals surface area contributed by atoms with Gasteiger partial charge in [-0.3, -0.25) is 33.3 Å². The van der Waals surface area contributed by atoms with Gasteiger partial charge in [0.25, 0.3) is 5.56 Å². The van der Waals surface area contributed by atoms with Gasteiger partial charge in [0.15, 0.2) is 5.78 Å². The van der Waals surface area contributed by atoms with Gasteiger partial charge in [0, 0.05) is 76.2 Å². The Balaban J connectivity index is 0.778. The first kappa shape index (κ1) is 50.8. The van der Waals surface area contributed by atoms with Crippen LogP contribution in [-0.2, 0) is 25.7 Å². The third-order valence-electron chi connectivity index (χ3n) is 14.0. The number of piperazine rings is 1. The normalized spacial score (nSPS) is 17.9. The maximum Gasteiger partial charge on any atom is 0.263 e. The van der Waals surface area contributed by atoms with Crippen LogP contribution in [0.15, 0.2) is 59.1 Å². The lowest BCUT2D eigenvalue weighted by Crippen LogP contribution is -2.57. The topological polar surface area (TPSA) is 225 Å². The number of rotatable bonds is 16. The number of benzene rings is 1. The number of aliphatic hydroxyl groups is 1. The number of β-amino-alcohol motifs (C(OH)–C–C–N with tert-alkyl or cyclic N) is 1. The van der Waals surface area contributed by atoms with E-state index in [9.17, 15) is 33.9 Å². The Morgan fingerprint density at radius 1 is 0.901 bits per heavy atom. The standard InChI is InChI=1S/C52H65N11O7S/c1-31-39-28-55-51(59-47(39)63(36-11-7-8-12-36)49(69)44(31)33(3)64)57-41-20-19-37(27-53-41)60-21-23-61(24-22-60)43(67)14-10-9-13-42(66)58-46(52(4,5)6)50(70)62-29-38(65)25-40(62)48(68)54-26-34-15-17-35(18-16-34)45-32(2)56-30-71-45/h15-20,27-28,30,36,38,40,46,65H,7-14,21-26,29H2,1-6H3,(H,54,68)(H,58,66)(H,53,55,57,59)/t38-,40+,46?/m1/s1. The van der Waals surface area contributed by atoms with Crippen molar-refractivity contribution in [2.75, 3.05) is 42.9 Å². The molecule has 4 amide bonds. The highest BCUT2D eigenvalue weighted by atomic mass is 32.1. The molecule has 3 atom stereocenters. The molecule has 8 rings (SSSR count). The van der Waals surface area contributed by atoms with Crippen LogP contribution in [0.3, 0.4) is 0 Å². The Hall–Kier alpha value is -6.60. The van der Waals surface area contributed by atoms with E-state index in [1.165, 1.54) is 11.8 Å². The molecule has 1 aliphatic carbocycles. The highest BCUT2D eigenvalue weighted by Gasteiger charge is 2.44. The number of aryl methyl sites for hydroxylation is 2. The number of amides is 4. The largest absolute Gasteiger partial charge is 0.391 e. The van der Waals surface area contributed by atoms with Gasteiger partial charge >= 0.3 is 0 Å². The number of aliphatic hydroxyl groups excluding tert-OH is 1. The second-order valence-electron chi connectivity index (χ2n) is 20.1. The van der Waals surface area contributed by atoms with Crippen molar-refractivity contribution in [2.24, 2.45) is 5.41 Å². The average Bonchev–Trinajstić information content (AvgIpc) is 4.13. The number of carbonyl (C=O) groups excluding carboxylic acids is 5. The summed E-state index contributed by atoms with van der Waals surface area (Å²) < 4.78 is 1.69. The summed E-state index contributed by atoms with van der Waals surface area (Å²) in [6, 6.07) is 9.81. The number of thiazole rings is 1. The number of Topliss-reactive ketones (excluding diaryl/α,β-unsaturated/α-hetero) is 1. The third kappa shape index (κ3) is 11.6. The molecule has 1 saturated carbocycles. The summed E-state index contributed by atoms with van der Waals surface area (Å²) >= 11 is 1.57. The van der Waals surface area contributed by atoms with Crippen molar-refractivity contribution < 1.29 is 29.1 Å². The fraction of sp³-hybridized carbons (Fsp3) is 0.500. The predicted molar refractivity (Wildman–Crippen MR) is 272 cm³/mol. The van der Waals surface area contributed by atoms with Crippen molar-refractivity contribution in [1.29, 1.82) is 0 Å². The number of nitrogens with zero attached hydrogens (tertiary/aromatic N) is 8. The number of ketones is 1. The predicted octanol–water partition coefficient (Wildman–Crippen LogP) is 6.01. The van der Waals surface area contributed by atoms with Crippen molar-refractivity contribution >= 4 is 69.2 Å². The van der Waals surface area contributed by atoms with Crippen LogP contribution in [0.25, 0.3) is 21.5 Å². The van der Waals surface area contributed by atoms with Gasteiger partial charge < -0.3 is 35.8 Å². The zero-order valence-corrected chi connectivity index (χ0v) is 42.3. The molecule has 0 radical (unpaired) electrons. The first-order chi connectivity index (χ1) is 34.0. The summed E-state index contributed by atoms with van der Waals surface area (Å²) in [5.41, 5.74) is 5.90. The number of aromatic nitrogens is 5. The van der Waals surface area contributed by atoms with E-state index in [0.717, 1.165) is 53.1 Å². The number of anilines is 3. The van der Waals surface area contributed by atoms with E-state index in [1.54, 1.807) is 35.2 Å². The van der Waals surface area contributed by atoms with Crippen LogP contribution in [0.4, 0.5) is 17.5 Å². The quantitative estimate of drug-likeness (QED) is 0.0658. The molecule has 18 nitrogen and oxygen atoms in total. The van der Waals surface area contributed by atoms with Crippen molar-refractivity contribution in [2.45, 2.75) is 130 Å². The van der Waals surface area contributed by atoms with Crippen LogP contribution >= 0.6 is 11.3 Å². The van der Waals surface area contributed by atoms with Crippen molar-refractivity contribution in [3.05, 3.63) is 87.0 Å². The van der Waals surface area contributed by atoms with Gasteiger partial charge in [-0.25, -0.2) is 15.0 Å². The lowest BCUT2D eigenvalue weighted by atomic mass is 9.85. The molecule has 5 aromatic rings. The fourth-order valence-electron chi connectivity index (χ4n) is 10.0. The van der Waals surface area contributed by atoms with Gasteiger partial charge in [-0.05, 0) is 80.7 Å². The molecule has 2 saturated heterocycles. The van der Waals surface area contributed by atoms with Crippen LogP contribution in [0.1, 0.15) is 119 Å². The second-order valence-corrected chi connectivity index (χ2v) is 21.0. The molecule has 3 aliphatic rings. The summed E-state index contributed by atoms with van der Waals surface area (Å²) in [5.74, 6) is -0.532. The first-order valence-electron chi connectivity index (χ1n) is 24.7. The van der Waals surface area contributed by atoms with Crippen LogP contribution in [-0.4, -0.2) is 120 Å². The van der Waals surface area contributed by atoms with E-state index in [0.29, 0.717) is 73.8 Å². The molecule has 3 fully saturated rings. The second kappa shape index (κ2) is 21.8. The van der Waals surface area contributed by atoms with E-state index in [1.807, 2.05) is 74.5 Å². The lowest BCUT2D eigenvalue weighted by Gasteiger charge is -2.36. The Bertz CT molecular complexity index is 2830. The van der Waals surface area contributed by atoms with Gasteiger partial charge in [-0.1, -0.05) is 57.9 Å². The van der Waals surface area contributed by atoms with Gasteiger partial charge in [0.2, 0.25) is 29.6 Å². The molecule has 2 aliphatic heterocycles. The van der Waals surface area contributed by atoms with Gasteiger partial charge in [-0.15, -0.1) is 11.3 Å². The van der Waals surface area contributed by atoms with Crippen LogP contribution in [0, 0.1) is 19.3 Å². The molecule has 0 bridgehead atoms. The first-order valence-corrected chi connectivity index (χ1v) is 25.6. The summed E-state index contributed by atoms with van der Waals surface area (Å²) in [5, 5.41) is 20.3. The zero-order chi connectivity index (χ0) is 50.6. The molecule has 1 aromatic carbocycles. The van der Waals surface area contributed by atoms with E-state index < -0.39 is 29.5 Å². The van der Waals surface area contributed by atoms with Crippen LogP contribution in [0.2, 0.25) is 0 Å². The number of unbranched alkanes of at least 4 members (excludes halogenated alkanes) is 1. The van der Waals surface area contributed by atoms with E-state index in [4.69, 9.17) is 4.98 Å². The summed E-state index contributed by atoms with van der Waals surface area (Å²) in [4.78, 5) is 105. The Labute approximate surface area is 417 Å². The monoisotopic (exact) mass is 987 g/mol. The maximum atomic E-state index is 14.1. The number of fused-ring (bicyclic) bond motifs is 1. The molecular weight excluding hydrogens is 923 g/mol. The van der Waals surface area contributed by atoms with Gasteiger partial charge in [0.1, 0.15) is 23.5 Å². The molecule has 376 valence electrons.